The van der Waals surface area contributed by atoms with Gasteiger partial charge in [0.15, 0.2) is 0 Å². The van der Waals surface area contributed by atoms with E-state index >= 15 is 0 Å². The number of piperidine rings is 1. The second-order valence-electron chi connectivity index (χ2n) is 5.94. The van der Waals surface area contributed by atoms with E-state index in [4.69, 9.17) is 0 Å². The van der Waals surface area contributed by atoms with Crippen LogP contribution in [0, 0.1) is 5.92 Å². The summed E-state index contributed by atoms with van der Waals surface area (Å²) in [5, 5.41) is 10.4. The zero-order chi connectivity index (χ0) is 11.4. The fraction of sp³-hybridized carbons (Fsp3) is 1.00. The third kappa shape index (κ3) is 3.21. The molecule has 94 valence electrons. The normalized spacial score (nSPS) is 27.4. The summed E-state index contributed by atoms with van der Waals surface area (Å²) in [5.41, 5.74) is -0.336. The number of β-amino-alcohol motifs (C(OH)–C–C–N with tert-alkyl or cyclic N) is 1. The first kappa shape index (κ1) is 12.4. The lowest BCUT2D eigenvalue weighted by Crippen LogP contribution is -2.44. The maximum Gasteiger partial charge on any atom is 0.0774 e. The Morgan fingerprint density at radius 3 is 2.38 bits per heavy atom. The van der Waals surface area contributed by atoms with E-state index in [9.17, 15) is 5.11 Å². The second kappa shape index (κ2) is 5.50. The molecular weight excluding hydrogens is 198 g/mol. The molecule has 1 aliphatic heterocycles. The number of likely N-dealkylation sites (tertiary alicyclic amines) is 1. The molecule has 2 nitrogen and oxygen atoms in total. The quantitative estimate of drug-likeness (QED) is 0.795. The van der Waals surface area contributed by atoms with Crippen LogP contribution < -0.4 is 0 Å². The molecule has 0 radical (unpaired) electrons. The van der Waals surface area contributed by atoms with Crippen molar-refractivity contribution in [3.05, 3.63) is 0 Å². The molecule has 0 spiro atoms. The molecule has 1 aliphatic carbocycles. The highest BCUT2D eigenvalue weighted by Gasteiger charge is 2.33. The predicted molar refractivity (Wildman–Crippen MR) is 67.5 cm³/mol. The van der Waals surface area contributed by atoms with Crippen LogP contribution in [0.25, 0.3) is 0 Å². The van der Waals surface area contributed by atoms with E-state index in [2.05, 4.69) is 11.8 Å². The van der Waals surface area contributed by atoms with E-state index in [1.54, 1.807) is 0 Å². The van der Waals surface area contributed by atoms with E-state index in [1.165, 1.54) is 51.6 Å². The molecule has 0 amide bonds. The zero-order valence-corrected chi connectivity index (χ0v) is 10.7. The Morgan fingerprint density at radius 2 is 1.81 bits per heavy atom. The molecule has 2 heteroatoms. The highest BCUT2D eigenvalue weighted by Crippen LogP contribution is 2.31. The van der Waals surface area contributed by atoms with Crippen molar-refractivity contribution in [1.82, 2.24) is 4.90 Å². The van der Waals surface area contributed by atoms with Gasteiger partial charge in [0.25, 0.3) is 0 Å². The van der Waals surface area contributed by atoms with Crippen molar-refractivity contribution in [3.8, 4) is 0 Å². The Hall–Kier alpha value is -0.0800. The van der Waals surface area contributed by atoms with Gasteiger partial charge in [0.2, 0.25) is 0 Å². The van der Waals surface area contributed by atoms with Crippen molar-refractivity contribution in [2.75, 3.05) is 19.6 Å². The molecule has 0 aromatic rings. The number of nitrogens with zero attached hydrogens (tertiary/aromatic N) is 1. The Kier molecular flexibility index (Phi) is 4.26. The molecule has 0 bridgehead atoms. The van der Waals surface area contributed by atoms with Gasteiger partial charge in [-0.1, -0.05) is 32.6 Å². The lowest BCUT2D eigenvalue weighted by atomic mass is 9.91. The molecule has 1 heterocycles. The summed E-state index contributed by atoms with van der Waals surface area (Å²) in [6.07, 6.45) is 9.94. The highest BCUT2D eigenvalue weighted by molar-refractivity contribution is 4.88. The molecule has 0 unspecified atom stereocenters. The van der Waals surface area contributed by atoms with Gasteiger partial charge in [-0.15, -0.1) is 0 Å². The van der Waals surface area contributed by atoms with Crippen LogP contribution in [0.1, 0.15) is 58.3 Å². The zero-order valence-electron chi connectivity index (χ0n) is 10.7. The molecular formula is C14H27NO. The van der Waals surface area contributed by atoms with Crippen molar-refractivity contribution < 1.29 is 5.11 Å². The van der Waals surface area contributed by atoms with Gasteiger partial charge in [-0.25, -0.2) is 0 Å². The smallest absolute Gasteiger partial charge is 0.0774 e. The Balaban J connectivity index is 1.72. The largest absolute Gasteiger partial charge is 0.389 e. The summed E-state index contributed by atoms with van der Waals surface area (Å²) < 4.78 is 0. The monoisotopic (exact) mass is 225 g/mol. The molecule has 1 saturated carbocycles. The summed E-state index contributed by atoms with van der Waals surface area (Å²) in [4.78, 5) is 2.50. The minimum absolute atomic E-state index is 0.336. The first-order valence-corrected chi connectivity index (χ1v) is 7.16. The molecule has 1 N–H and O–H groups in total. The first-order valence-electron chi connectivity index (χ1n) is 7.16. The lowest BCUT2D eigenvalue weighted by Gasteiger charge is -2.36. The third-order valence-electron chi connectivity index (χ3n) is 4.46. The Bertz CT molecular complexity index is 203. The van der Waals surface area contributed by atoms with Gasteiger partial charge in [0, 0.05) is 6.54 Å². The summed E-state index contributed by atoms with van der Waals surface area (Å²) in [6.45, 7) is 5.65. The van der Waals surface area contributed by atoms with Crippen molar-refractivity contribution in [2.45, 2.75) is 63.9 Å². The van der Waals surface area contributed by atoms with E-state index in [0.29, 0.717) is 0 Å². The lowest BCUT2D eigenvalue weighted by molar-refractivity contribution is -0.000211. The predicted octanol–water partition coefficient (Wildman–Crippen LogP) is 2.80. The van der Waals surface area contributed by atoms with Crippen LogP contribution in [0.4, 0.5) is 0 Å². The van der Waals surface area contributed by atoms with Gasteiger partial charge in [-0.2, -0.15) is 0 Å². The van der Waals surface area contributed by atoms with Crippen LogP contribution in [-0.2, 0) is 0 Å². The van der Waals surface area contributed by atoms with Gasteiger partial charge in [0.1, 0.15) is 0 Å². The van der Waals surface area contributed by atoms with Crippen LogP contribution >= 0.6 is 0 Å². The van der Waals surface area contributed by atoms with Crippen molar-refractivity contribution >= 4 is 0 Å². The molecule has 0 aromatic heterocycles. The third-order valence-corrected chi connectivity index (χ3v) is 4.46. The van der Waals surface area contributed by atoms with Gasteiger partial charge in [-0.3, -0.25) is 0 Å². The summed E-state index contributed by atoms with van der Waals surface area (Å²) >= 11 is 0. The molecule has 16 heavy (non-hydrogen) atoms. The first-order chi connectivity index (χ1) is 7.72. The minimum atomic E-state index is -0.336. The van der Waals surface area contributed by atoms with Crippen molar-refractivity contribution in [3.63, 3.8) is 0 Å². The topological polar surface area (TPSA) is 23.5 Å². The summed E-state index contributed by atoms with van der Waals surface area (Å²) in [7, 11) is 0. The molecule has 0 aromatic carbocycles. The Morgan fingerprint density at radius 1 is 1.19 bits per heavy atom. The van der Waals surface area contributed by atoms with Gasteiger partial charge in [-0.05, 0) is 44.7 Å². The summed E-state index contributed by atoms with van der Waals surface area (Å²) in [5.74, 6) is 0.958. The number of rotatable bonds is 4. The van der Waals surface area contributed by atoms with E-state index in [1.807, 2.05) is 0 Å². The average molecular weight is 225 g/mol. The fourth-order valence-electron chi connectivity index (χ4n) is 3.45. The summed E-state index contributed by atoms with van der Waals surface area (Å²) in [6, 6.07) is 0. The average Bonchev–Trinajstić information content (AvgIpc) is 2.68. The maximum atomic E-state index is 10.4. The van der Waals surface area contributed by atoms with Gasteiger partial charge in [0.05, 0.1) is 5.60 Å². The van der Waals surface area contributed by atoms with Crippen LogP contribution in [0.3, 0.4) is 0 Å². The van der Waals surface area contributed by atoms with Gasteiger partial charge < -0.3 is 10.0 Å². The van der Waals surface area contributed by atoms with E-state index in [0.717, 1.165) is 25.3 Å². The molecule has 2 aliphatic rings. The number of hydrogen-bond donors (Lipinski definition) is 1. The molecule has 0 atom stereocenters. The van der Waals surface area contributed by atoms with E-state index in [-0.39, 0.29) is 5.60 Å². The van der Waals surface area contributed by atoms with Crippen LogP contribution in [0.2, 0.25) is 0 Å². The standard InChI is InChI=1S/C14H27NO/c1-2-5-13-6-10-15(11-7-13)12-14(16)8-3-4-9-14/h13,16H,2-12H2,1H3. The van der Waals surface area contributed by atoms with Crippen molar-refractivity contribution in [2.24, 2.45) is 5.92 Å². The van der Waals surface area contributed by atoms with E-state index < -0.39 is 0 Å². The molecule has 2 fully saturated rings. The minimum Gasteiger partial charge on any atom is -0.389 e. The van der Waals surface area contributed by atoms with Crippen molar-refractivity contribution in [1.29, 1.82) is 0 Å². The number of hydrogen-bond acceptors (Lipinski definition) is 2. The second-order valence-corrected chi connectivity index (χ2v) is 5.94. The molecule has 2 rings (SSSR count). The Labute approximate surface area is 100 Å². The van der Waals surface area contributed by atoms with Crippen LogP contribution in [0.5, 0.6) is 0 Å². The van der Waals surface area contributed by atoms with Gasteiger partial charge >= 0.3 is 0 Å². The van der Waals surface area contributed by atoms with Crippen LogP contribution in [0.15, 0.2) is 0 Å². The molecule has 1 saturated heterocycles. The maximum absolute atomic E-state index is 10.4. The SMILES string of the molecule is CCCC1CCN(CC2(O)CCCC2)CC1. The number of aliphatic hydroxyl groups is 1. The van der Waals surface area contributed by atoms with Crippen LogP contribution in [-0.4, -0.2) is 35.2 Å². The fourth-order valence-corrected chi connectivity index (χ4v) is 3.45. The highest BCUT2D eigenvalue weighted by atomic mass is 16.3.